The molecule has 1 N–H and O–H groups in total. The zero-order valence-corrected chi connectivity index (χ0v) is 9.42. The highest BCUT2D eigenvalue weighted by Gasteiger charge is 2.25. The number of hydrogen-bond donors (Lipinski definition) is 1. The molecule has 0 bridgehead atoms. The second-order valence-corrected chi connectivity index (χ2v) is 4.96. The van der Waals surface area contributed by atoms with Crippen molar-refractivity contribution in [3.05, 3.63) is 11.6 Å². The van der Waals surface area contributed by atoms with Crippen LogP contribution in [0.2, 0.25) is 0 Å². The summed E-state index contributed by atoms with van der Waals surface area (Å²) in [4.78, 5) is 2.59. The maximum atomic E-state index is 3.36. The highest BCUT2D eigenvalue weighted by atomic mass is 15.1. The van der Waals surface area contributed by atoms with Gasteiger partial charge in [0.15, 0.2) is 0 Å². The molecule has 80 valence electrons. The zero-order valence-electron chi connectivity index (χ0n) is 9.42. The number of rotatable bonds is 3. The molecule has 0 radical (unpaired) electrons. The van der Waals surface area contributed by atoms with Gasteiger partial charge >= 0.3 is 0 Å². The molecule has 2 heterocycles. The number of nitrogens with one attached hydrogen (secondary N) is 1. The summed E-state index contributed by atoms with van der Waals surface area (Å²) in [7, 11) is 0. The van der Waals surface area contributed by atoms with Gasteiger partial charge in [-0.15, -0.1) is 0 Å². The van der Waals surface area contributed by atoms with E-state index in [0.717, 1.165) is 11.8 Å². The van der Waals surface area contributed by atoms with Gasteiger partial charge in [0.25, 0.3) is 0 Å². The van der Waals surface area contributed by atoms with Crippen LogP contribution in [0.3, 0.4) is 0 Å². The van der Waals surface area contributed by atoms with Gasteiger partial charge in [-0.05, 0) is 38.3 Å². The SMILES string of the molecule is CC1=CCN(CC(C)C2CNC2)CC1. The van der Waals surface area contributed by atoms with Gasteiger partial charge in [-0.25, -0.2) is 0 Å². The third-order valence-electron chi connectivity index (χ3n) is 3.68. The first-order valence-corrected chi connectivity index (χ1v) is 5.84. The van der Waals surface area contributed by atoms with Gasteiger partial charge in [-0.2, -0.15) is 0 Å². The van der Waals surface area contributed by atoms with Crippen molar-refractivity contribution in [1.82, 2.24) is 10.2 Å². The maximum Gasteiger partial charge on any atom is 0.0165 e. The lowest BCUT2D eigenvalue weighted by Crippen LogP contribution is -2.48. The standard InChI is InChI=1S/C12H22N2/c1-10-3-5-14(6-4-10)9-11(2)12-7-13-8-12/h3,11-13H,4-9H2,1-2H3. The quantitative estimate of drug-likeness (QED) is 0.685. The van der Waals surface area contributed by atoms with Gasteiger partial charge in [0.05, 0.1) is 0 Å². The average Bonchev–Trinajstić information content (AvgIpc) is 2.06. The first-order chi connectivity index (χ1) is 6.75. The van der Waals surface area contributed by atoms with Crippen LogP contribution in [0, 0.1) is 11.8 Å². The lowest BCUT2D eigenvalue weighted by Gasteiger charge is -2.36. The molecule has 14 heavy (non-hydrogen) atoms. The largest absolute Gasteiger partial charge is 0.316 e. The second-order valence-electron chi connectivity index (χ2n) is 4.96. The zero-order chi connectivity index (χ0) is 9.97. The first kappa shape index (κ1) is 10.2. The van der Waals surface area contributed by atoms with Gasteiger partial charge < -0.3 is 5.32 Å². The van der Waals surface area contributed by atoms with E-state index in [4.69, 9.17) is 0 Å². The van der Waals surface area contributed by atoms with E-state index in [1.54, 1.807) is 5.57 Å². The normalized spacial score (nSPS) is 26.9. The van der Waals surface area contributed by atoms with E-state index in [0.29, 0.717) is 0 Å². The van der Waals surface area contributed by atoms with Crippen molar-refractivity contribution >= 4 is 0 Å². The molecule has 2 nitrogen and oxygen atoms in total. The van der Waals surface area contributed by atoms with E-state index >= 15 is 0 Å². The molecule has 2 aliphatic heterocycles. The van der Waals surface area contributed by atoms with Crippen LogP contribution in [0.15, 0.2) is 11.6 Å². The Labute approximate surface area is 87.4 Å². The summed E-state index contributed by atoms with van der Waals surface area (Å²) in [6.07, 6.45) is 3.66. The molecule has 1 unspecified atom stereocenters. The van der Waals surface area contributed by atoms with E-state index in [2.05, 4.69) is 30.1 Å². The third-order valence-corrected chi connectivity index (χ3v) is 3.68. The Hall–Kier alpha value is -0.340. The predicted molar refractivity (Wildman–Crippen MR) is 60.3 cm³/mol. The van der Waals surface area contributed by atoms with E-state index in [1.807, 2.05) is 0 Å². The molecular formula is C12H22N2. The van der Waals surface area contributed by atoms with Crippen LogP contribution in [-0.2, 0) is 0 Å². The lowest BCUT2D eigenvalue weighted by atomic mass is 9.88. The fourth-order valence-corrected chi connectivity index (χ4v) is 2.25. The van der Waals surface area contributed by atoms with E-state index in [1.165, 1.54) is 39.1 Å². The van der Waals surface area contributed by atoms with Gasteiger partial charge in [0, 0.05) is 19.6 Å². The van der Waals surface area contributed by atoms with Crippen LogP contribution in [0.1, 0.15) is 20.3 Å². The van der Waals surface area contributed by atoms with Crippen LogP contribution < -0.4 is 5.32 Å². The molecule has 2 aliphatic rings. The first-order valence-electron chi connectivity index (χ1n) is 5.84. The molecule has 0 aromatic heterocycles. The van der Waals surface area contributed by atoms with Gasteiger partial charge in [0.1, 0.15) is 0 Å². The number of hydrogen-bond acceptors (Lipinski definition) is 2. The van der Waals surface area contributed by atoms with Crippen molar-refractivity contribution < 1.29 is 0 Å². The minimum atomic E-state index is 0.864. The summed E-state index contributed by atoms with van der Waals surface area (Å²) in [6, 6.07) is 0. The van der Waals surface area contributed by atoms with Crippen molar-refractivity contribution in [2.45, 2.75) is 20.3 Å². The van der Waals surface area contributed by atoms with Crippen LogP contribution in [-0.4, -0.2) is 37.6 Å². The molecule has 1 saturated heterocycles. The highest BCUT2D eigenvalue weighted by Crippen LogP contribution is 2.19. The maximum absolute atomic E-state index is 3.36. The minimum Gasteiger partial charge on any atom is -0.316 e. The van der Waals surface area contributed by atoms with Gasteiger partial charge in [0.2, 0.25) is 0 Å². The Morgan fingerprint density at radius 1 is 1.57 bits per heavy atom. The van der Waals surface area contributed by atoms with E-state index in [-0.39, 0.29) is 0 Å². The molecule has 2 rings (SSSR count). The van der Waals surface area contributed by atoms with E-state index < -0.39 is 0 Å². The number of nitrogens with zero attached hydrogens (tertiary/aromatic N) is 1. The lowest BCUT2D eigenvalue weighted by molar-refractivity contribution is 0.173. The molecule has 0 aromatic carbocycles. The minimum absolute atomic E-state index is 0.864. The Bertz CT molecular complexity index is 218. The van der Waals surface area contributed by atoms with Crippen LogP contribution >= 0.6 is 0 Å². The van der Waals surface area contributed by atoms with Crippen molar-refractivity contribution in [2.24, 2.45) is 11.8 Å². The molecule has 0 spiro atoms. The van der Waals surface area contributed by atoms with Crippen molar-refractivity contribution in [1.29, 1.82) is 0 Å². The molecule has 1 atom stereocenters. The summed E-state index contributed by atoms with van der Waals surface area (Å²) in [6.45, 7) is 10.9. The third kappa shape index (κ3) is 2.37. The van der Waals surface area contributed by atoms with Gasteiger partial charge in [-0.3, -0.25) is 4.90 Å². The summed E-state index contributed by atoms with van der Waals surface area (Å²) in [5.74, 6) is 1.80. The molecule has 0 saturated carbocycles. The molecule has 0 aromatic rings. The van der Waals surface area contributed by atoms with Crippen LogP contribution in [0.25, 0.3) is 0 Å². The van der Waals surface area contributed by atoms with Gasteiger partial charge in [-0.1, -0.05) is 18.6 Å². The smallest absolute Gasteiger partial charge is 0.0165 e. The summed E-state index contributed by atoms with van der Waals surface area (Å²) >= 11 is 0. The molecular weight excluding hydrogens is 172 g/mol. The fourth-order valence-electron chi connectivity index (χ4n) is 2.25. The molecule has 0 aliphatic carbocycles. The Morgan fingerprint density at radius 2 is 2.36 bits per heavy atom. The van der Waals surface area contributed by atoms with Crippen molar-refractivity contribution in [2.75, 3.05) is 32.7 Å². The molecule has 0 amide bonds. The average molecular weight is 194 g/mol. The van der Waals surface area contributed by atoms with E-state index in [9.17, 15) is 0 Å². The Kier molecular flexibility index (Phi) is 3.24. The topological polar surface area (TPSA) is 15.3 Å². The molecule has 1 fully saturated rings. The van der Waals surface area contributed by atoms with Crippen molar-refractivity contribution in [3.63, 3.8) is 0 Å². The second kappa shape index (κ2) is 4.45. The summed E-state index contributed by atoms with van der Waals surface area (Å²) in [5, 5.41) is 3.36. The summed E-state index contributed by atoms with van der Waals surface area (Å²) < 4.78 is 0. The van der Waals surface area contributed by atoms with Crippen molar-refractivity contribution in [3.8, 4) is 0 Å². The Morgan fingerprint density at radius 3 is 2.86 bits per heavy atom. The van der Waals surface area contributed by atoms with Crippen LogP contribution in [0.5, 0.6) is 0 Å². The predicted octanol–water partition coefficient (Wildman–Crippen LogP) is 1.49. The highest BCUT2D eigenvalue weighted by molar-refractivity contribution is 5.03. The molecule has 2 heteroatoms. The Balaban J connectivity index is 1.74. The fraction of sp³-hybridized carbons (Fsp3) is 0.833. The monoisotopic (exact) mass is 194 g/mol. The van der Waals surface area contributed by atoms with Crippen LogP contribution in [0.4, 0.5) is 0 Å². The summed E-state index contributed by atoms with van der Waals surface area (Å²) in [5.41, 5.74) is 1.57.